The fraction of sp³-hybridized carbons (Fsp3) is 0.750. The van der Waals surface area contributed by atoms with E-state index in [1.54, 1.807) is 11.3 Å². The van der Waals surface area contributed by atoms with E-state index in [0.29, 0.717) is 11.1 Å². The molecule has 0 saturated carbocycles. The van der Waals surface area contributed by atoms with Crippen LogP contribution < -0.4 is 0 Å². The number of piperidine rings is 1. The normalized spacial score (nSPS) is 26.3. The smallest absolute Gasteiger partial charge is 0.273 e. The van der Waals surface area contributed by atoms with Crippen LogP contribution in [-0.2, 0) is 6.54 Å². The second-order valence-corrected chi connectivity index (χ2v) is 8.12. The Morgan fingerprint density at radius 1 is 1.36 bits per heavy atom. The van der Waals surface area contributed by atoms with Crippen molar-refractivity contribution in [1.82, 2.24) is 19.7 Å². The molecule has 1 unspecified atom stereocenters. The summed E-state index contributed by atoms with van der Waals surface area (Å²) in [5.41, 5.74) is 0.954. The van der Waals surface area contributed by atoms with Gasteiger partial charge in [-0.25, -0.2) is 4.98 Å². The van der Waals surface area contributed by atoms with E-state index in [1.165, 1.54) is 12.8 Å². The third-order valence-corrected chi connectivity index (χ3v) is 5.63. The maximum Gasteiger partial charge on any atom is 0.273 e. The maximum absolute atomic E-state index is 12.8. The summed E-state index contributed by atoms with van der Waals surface area (Å²) < 4.78 is 0. The summed E-state index contributed by atoms with van der Waals surface area (Å²) >= 11 is 1.59. The highest BCUT2D eigenvalue weighted by Gasteiger charge is 2.41. The zero-order chi connectivity index (χ0) is 15.7. The largest absolute Gasteiger partial charge is 0.337 e. The van der Waals surface area contributed by atoms with E-state index in [9.17, 15) is 4.79 Å². The first-order valence-electron chi connectivity index (χ1n) is 8.04. The van der Waals surface area contributed by atoms with Gasteiger partial charge in [-0.05, 0) is 47.0 Å². The number of likely N-dealkylation sites (tertiary alicyclic amines) is 2. The summed E-state index contributed by atoms with van der Waals surface area (Å²) in [4.78, 5) is 23.8. The van der Waals surface area contributed by atoms with E-state index in [4.69, 9.17) is 0 Å². The number of thiazole rings is 1. The molecule has 2 aliphatic rings. The predicted octanol–water partition coefficient (Wildman–Crippen LogP) is 1.76. The molecule has 1 atom stereocenters. The van der Waals surface area contributed by atoms with Crippen LogP contribution in [-0.4, -0.2) is 72.9 Å². The van der Waals surface area contributed by atoms with Gasteiger partial charge in [0.25, 0.3) is 5.91 Å². The van der Waals surface area contributed by atoms with Gasteiger partial charge in [-0.1, -0.05) is 0 Å². The summed E-state index contributed by atoms with van der Waals surface area (Å²) in [6, 6.07) is 0. The van der Waals surface area contributed by atoms with Crippen molar-refractivity contribution in [2.24, 2.45) is 5.41 Å². The average molecular weight is 322 g/mol. The van der Waals surface area contributed by atoms with Gasteiger partial charge in [-0.2, -0.15) is 0 Å². The molecule has 0 aromatic carbocycles. The maximum atomic E-state index is 12.8. The highest BCUT2D eigenvalue weighted by Crippen LogP contribution is 2.38. The van der Waals surface area contributed by atoms with E-state index in [2.05, 4.69) is 21.8 Å². The van der Waals surface area contributed by atoms with E-state index in [1.807, 2.05) is 24.4 Å². The summed E-state index contributed by atoms with van der Waals surface area (Å²) in [6.07, 6.45) is 3.59. The Kier molecular flexibility index (Phi) is 4.52. The van der Waals surface area contributed by atoms with Crippen LogP contribution in [0.25, 0.3) is 0 Å². The van der Waals surface area contributed by atoms with Gasteiger partial charge >= 0.3 is 0 Å². The Balaban J connectivity index is 1.68. The molecule has 1 spiro atoms. The molecule has 0 aliphatic carbocycles. The summed E-state index contributed by atoms with van der Waals surface area (Å²) in [5, 5.41) is 2.93. The van der Waals surface area contributed by atoms with Crippen LogP contribution in [0, 0.1) is 5.41 Å². The Hall–Kier alpha value is -0.980. The van der Waals surface area contributed by atoms with Crippen LogP contribution in [0.15, 0.2) is 5.38 Å². The van der Waals surface area contributed by atoms with Gasteiger partial charge in [0.1, 0.15) is 10.7 Å². The van der Waals surface area contributed by atoms with E-state index in [-0.39, 0.29) is 5.91 Å². The molecule has 0 radical (unpaired) electrons. The molecule has 22 heavy (non-hydrogen) atoms. The number of amides is 1. The Morgan fingerprint density at radius 3 is 2.86 bits per heavy atom. The average Bonchev–Trinajstić information content (AvgIpc) is 3.05. The van der Waals surface area contributed by atoms with Crippen LogP contribution in [0.4, 0.5) is 0 Å². The monoisotopic (exact) mass is 322 g/mol. The van der Waals surface area contributed by atoms with Gasteiger partial charge < -0.3 is 14.7 Å². The quantitative estimate of drug-likeness (QED) is 0.850. The number of rotatable bonds is 3. The van der Waals surface area contributed by atoms with E-state index < -0.39 is 0 Å². The van der Waals surface area contributed by atoms with Crippen molar-refractivity contribution in [2.75, 3.05) is 47.3 Å². The van der Waals surface area contributed by atoms with Crippen molar-refractivity contribution in [3.8, 4) is 0 Å². The van der Waals surface area contributed by atoms with Gasteiger partial charge in [-0.3, -0.25) is 4.79 Å². The molecule has 3 heterocycles. The third kappa shape index (κ3) is 3.34. The SMILES string of the molecule is CN(C)Cc1nc(C(=O)N2CCCC3(CCN(C)C3)C2)cs1. The zero-order valence-corrected chi connectivity index (χ0v) is 14.7. The van der Waals surface area contributed by atoms with Crippen molar-refractivity contribution < 1.29 is 4.79 Å². The molecule has 2 fully saturated rings. The Labute approximate surface area is 136 Å². The summed E-state index contributed by atoms with van der Waals surface area (Å²) in [5.74, 6) is 0.120. The molecule has 1 aromatic rings. The van der Waals surface area contributed by atoms with Gasteiger partial charge in [0, 0.05) is 37.0 Å². The summed E-state index contributed by atoms with van der Waals surface area (Å²) in [6.45, 7) is 4.86. The van der Waals surface area contributed by atoms with Crippen molar-refractivity contribution in [1.29, 1.82) is 0 Å². The number of hydrogen-bond acceptors (Lipinski definition) is 5. The Bertz CT molecular complexity index is 540. The minimum atomic E-state index is 0.120. The highest BCUT2D eigenvalue weighted by atomic mass is 32.1. The molecule has 2 aliphatic heterocycles. The standard InChI is InChI=1S/C16H26N4OS/c1-18(2)9-14-17-13(10-22-14)15(21)20-7-4-5-16(12-20)6-8-19(3)11-16/h10H,4-9,11-12H2,1-3H3. The minimum absolute atomic E-state index is 0.120. The zero-order valence-electron chi connectivity index (χ0n) is 13.8. The lowest BCUT2D eigenvalue weighted by Crippen LogP contribution is -2.47. The molecular formula is C16H26N4OS. The van der Waals surface area contributed by atoms with Gasteiger partial charge in [0.15, 0.2) is 0 Å². The first-order valence-corrected chi connectivity index (χ1v) is 8.92. The van der Waals surface area contributed by atoms with Gasteiger partial charge in [0.2, 0.25) is 0 Å². The number of aromatic nitrogens is 1. The molecule has 2 saturated heterocycles. The molecule has 1 aromatic heterocycles. The van der Waals surface area contributed by atoms with E-state index >= 15 is 0 Å². The van der Waals surface area contributed by atoms with E-state index in [0.717, 1.165) is 44.2 Å². The van der Waals surface area contributed by atoms with Crippen molar-refractivity contribution in [2.45, 2.75) is 25.8 Å². The van der Waals surface area contributed by atoms with Crippen LogP contribution in [0.1, 0.15) is 34.8 Å². The molecule has 122 valence electrons. The third-order valence-electron chi connectivity index (χ3n) is 4.80. The molecule has 0 bridgehead atoms. The predicted molar refractivity (Wildman–Crippen MR) is 89.2 cm³/mol. The minimum Gasteiger partial charge on any atom is -0.337 e. The molecular weight excluding hydrogens is 296 g/mol. The first kappa shape index (κ1) is 15.9. The van der Waals surface area contributed by atoms with Crippen molar-refractivity contribution in [3.63, 3.8) is 0 Å². The van der Waals surface area contributed by atoms with Crippen LogP contribution in [0.5, 0.6) is 0 Å². The summed E-state index contributed by atoms with van der Waals surface area (Å²) in [7, 11) is 6.23. The molecule has 5 nitrogen and oxygen atoms in total. The van der Waals surface area contributed by atoms with Crippen LogP contribution >= 0.6 is 11.3 Å². The Morgan fingerprint density at radius 2 is 2.18 bits per heavy atom. The number of carbonyl (C=O) groups excluding carboxylic acids is 1. The lowest BCUT2D eigenvalue weighted by molar-refractivity contribution is 0.0529. The molecule has 0 N–H and O–H groups in total. The molecule has 6 heteroatoms. The lowest BCUT2D eigenvalue weighted by atomic mass is 9.79. The molecule has 3 rings (SSSR count). The van der Waals surface area contributed by atoms with Gasteiger partial charge in [0.05, 0.1) is 0 Å². The van der Waals surface area contributed by atoms with Gasteiger partial charge in [-0.15, -0.1) is 11.3 Å². The lowest BCUT2D eigenvalue weighted by Gasteiger charge is -2.40. The number of hydrogen-bond donors (Lipinski definition) is 0. The topological polar surface area (TPSA) is 39.7 Å². The fourth-order valence-electron chi connectivity index (χ4n) is 3.79. The van der Waals surface area contributed by atoms with Crippen LogP contribution in [0.3, 0.4) is 0 Å². The van der Waals surface area contributed by atoms with Crippen molar-refractivity contribution >= 4 is 17.2 Å². The second-order valence-electron chi connectivity index (χ2n) is 7.18. The second kappa shape index (κ2) is 6.26. The number of carbonyl (C=O) groups is 1. The highest BCUT2D eigenvalue weighted by molar-refractivity contribution is 7.09. The first-order chi connectivity index (χ1) is 10.5. The van der Waals surface area contributed by atoms with Crippen LogP contribution in [0.2, 0.25) is 0 Å². The fourth-order valence-corrected chi connectivity index (χ4v) is 4.67. The number of nitrogens with zero attached hydrogens (tertiary/aromatic N) is 4. The van der Waals surface area contributed by atoms with Crippen molar-refractivity contribution in [3.05, 3.63) is 16.1 Å². The molecule has 1 amide bonds.